The third kappa shape index (κ3) is 2.29. The van der Waals surface area contributed by atoms with Gasteiger partial charge in [-0.1, -0.05) is 20.3 Å². The molecule has 1 saturated carbocycles. The maximum atomic E-state index is 12.6. The SMILES string of the molecule is CCC1NC(c2ccsc2)N(CC2(CC)CCC2)C1=O. The Bertz CT molecular complexity index is 461. The summed E-state index contributed by atoms with van der Waals surface area (Å²) in [4.78, 5) is 14.8. The van der Waals surface area contributed by atoms with E-state index in [1.807, 2.05) is 0 Å². The van der Waals surface area contributed by atoms with Gasteiger partial charge in [-0.3, -0.25) is 10.1 Å². The van der Waals surface area contributed by atoms with Crippen molar-refractivity contribution in [3.8, 4) is 0 Å². The van der Waals surface area contributed by atoms with E-state index >= 15 is 0 Å². The molecule has 0 bridgehead atoms. The fraction of sp³-hybridized carbons (Fsp3) is 0.688. The normalized spacial score (nSPS) is 28.7. The van der Waals surface area contributed by atoms with Gasteiger partial charge >= 0.3 is 0 Å². The minimum Gasteiger partial charge on any atom is -0.321 e. The van der Waals surface area contributed by atoms with Crippen molar-refractivity contribution in [2.75, 3.05) is 6.54 Å². The van der Waals surface area contributed by atoms with Crippen molar-refractivity contribution in [3.63, 3.8) is 0 Å². The molecule has 3 nitrogen and oxygen atoms in total. The molecule has 1 aromatic heterocycles. The summed E-state index contributed by atoms with van der Waals surface area (Å²) in [6, 6.07) is 2.13. The van der Waals surface area contributed by atoms with E-state index in [1.165, 1.54) is 31.2 Å². The van der Waals surface area contributed by atoms with E-state index in [1.54, 1.807) is 11.3 Å². The Morgan fingerprint density at radius 1 is 1.45 bits per heavy atom. The molecule has 3 rings (SSSR count). The van der Waals surface area contributed by atoms with E-state index in [-0.39, 0.29) is 12.2 Å². The van der Waals surface area contributed by atoms with Crippen molar-refractivity contribution >= 4 is 17.2 Å². The molecule has 4 heteroatoms. The summed E-state index contributed by atoms with van der Waals surface area (Å²) in [5, 5.41) is 7.78. The van der Waals surface area contributed by atoms with Gasteiger partial charge in [-0.15, -0.1) is 0 Å². The molecule has 1 aliphatic heterocycles. The van der Waals surface area contributed by atoms with Gasteiger partial charge in [-0.05, 0) is 53.5 Å². The number of nitrogens with one attached hydrogen (secondary N) is 1. The van der Waals surface area contributed by atoms with Crippen LogP contribution in [0, 0.1) is 5.41 Å². The molecular formula is C16H24N2OS. The number of nitrogens with zero attached hydrogens (tertiary/aromatic N) is 1. The van der Waals surface area contributed by atoms with E-state index in [9.17, 15) is 4.79 Å². The Morgan fingerprint density at radius 2 is 2.25 bits per heavy atom. The van der Waals surface area contributed by atoms with Gasteiger partial charge in [-0.25, -0.2) is 0 Å². The lowest BCUT2D eigenvalue weighted by Crippen LogP contribution is -2.44. The van der Waals surface area contributed by atoms with Gasteiger partial charge in [0.05, 0.1) is 6.04 Å². The molecule has 1 aliphatic carbocycles. The third-order valence-electron chi connectivity index (χ3n) is 5.19. The minimum absolute atomic E-state index is 0.00566. The smallest absolute Gasteiger partial charge is 0.241 e. The number of hydrogen-bond acceptors (Lipinski definition) is 3. The van der Waals surface area contributed by atoms with Crippen molar-refractivity contribution in [2.45, 2.75) is 58.2 Å². The topological polar surface area (TPSA) is 32.3 Å². The standard InChI is InChI=1S/C16H24N2OS/c1-3-13-15(19)18(11-16(4-2)7-5-8-16)14(17-13)12-6-9-20-10-12/h6,9-10,13-14,17H,3-5,7-8,11H2,1-2H3. The predicted molar refractivity (Wildman–Crippen MR) is 82.6 cm³/mol. The van der Waals surface area contributed by atoms with Crippen LogP contribution in [0.4, 0.5) is 0 Å². The second-order valence-corrected chi connectivity index (χ2v) is 7.04. The summed E-state index contributed by atoms with van der Waals surface area (Å²) in [6.07, 6.45) is 6.02. The lowest BCUT2D eigenvalue weighted by atomic mass is 9.66. The Morgan fingerprint density at radius 3 is 2.75 bits per heavy atom. The van der Waals surface area contributed by atoms with Crippen LogP contribution in [0.3, 0.4) is 0 Å². The van der Waals surface area contributed by atoms with Crippen LogP contribution < -0.4 is 5.32 Å². The van der Waals surface area contributed by atoms with Crippen molar-refractivity contribution in [3.05, 3.63) is 22.4 Å². The van der Waals surface area contributed by atoms with E-state index in [0.717, 1.165) is 13.0 Å². The van der Waals surface area contributed by atoms with Gasteiger partial charge in [0.2, 0.25) is 5.91 Å². The predicted octanol–water partition coefficient (Wildman–Crippen LogP) is 3.54. The molecule has 20 heavy (non-hydrogen) atoms. The summed E-state index contributed by atoms with van der Waals surface area (Å²) < 4.78 is 0. The molecule has 2 aliphatic rings. The monoisotopic (exact) mass is 292 g/mol. The second kappa shape index (κ2) is 5.49. The first kappa shape index (κ1) is 14.1. The van der Waals surface area contributed by atoms with Crippen LogP contribution in [0.15, 0.2) is 16.8 Å². The van der Waals surface area contributed by atoms with Crippen LogP contribution >= 0.6 is 11.3 Å². The number of thiophene rings is 1. The summed E-state index contributed by atoms with van der Waals surface area (Å²) in [6.45, 7) is 5.28. The van der Waals surface area contributed by atoms with E-state index in [2.05, 4.69) is 40.9 Å². The van der Waals surface area contributed by atoms with Gasteiger partial charge in [0.25, 0.3) is 0 Å². The Kier molecular flexibility index (Phi) is 3.87. The van der Waals surface area contributed by atoms with Crippen LogP contribution in [0.5, 0.6) is 0 Å². The second-order valence-electron chi connectivity index (χ2n) is 6.26. The molecule has 2 fully saturated rings. The highest BCUT2D eigenvalue weighted by molar-refractivity contribution is 7.07. The summed E-state index contributed by atoms with van der Waals surface area (Å²) in [5.74, 6) is 0.295. The fourth-order valence-electron chi connectivity index (χ4n) is 3.51. The molecule has 2 atom stereocenters. The van der Waals surface area contributed by atoms with Gasteiger partial charge in [0.1, 0.15) is 6.17 Å². The number of hydrogen-bond donors (Lipinski definition) is 1. The zero-order chi connectivity index (χ0) is 14.2. The molecular weight excluding hydrogens is 268 g/mol. The van der Waals surface area contributed by atoms with Crippen LogP contribution in [0.1, 0.15) is 57.7 Å². The summed E-state index contributed by atoms with van der Waals surface area (Å²) in [7, 11) is 0. The average molecular weight is 292 g/mol. The highest BCUT2D eigenvalue weighted by Gasteiger charge is 2.45. The first-order valence-corrected chi connectivity index (χ1v) is 8.72. The zero-order valence-corrected chi connectivity index (χ0v) is 13.2. The fourth-order valence-corrected chi connectivity index (χ4v) is 4.19. The van der Waals surface area contributed by atoms with Crippen molar-refractivity contribution in [1.29, 1.82) is 0 Å². The average Bonchev–Trinajstić information content (AvgIpc) is 3.02. The Balaban J connectivity index is 1.82. The zero-order valence-electron chi connectivity index (χ0n) is 12.4. The molecule has 2 unspecified atom stereocenters. The van der Waals surface area contributed by atoms with Gasteiger partial charge in [-0.2, -0.15) is 11.3 Å². The highest BCUT2D eigenvalue weighted by Crippen LogP contribution is 2.46. The molecule has 0 radical (unpaired) electrons. The van der Waals surface area contributed by atoms with E-state index in [0.29, 0.717) is 11.3 Å². The Labute approximate surface area is 125 Å². The molecule has 2 heterocycles. The maximum Gasteiger partial charge on any atom is 0.241 e. The van der Waals surface area contributed by atoms with E-state index < -0.39 is 0 Å². The molecule has 1 aromatic rings. The van der Waals surface area contributed by atoms with Gasteiger partial charge in [0.15, 0.2) is 0 Å². The lowest BCUT2D eigenvalue weighted by Gasteiger charge is -2.45. The molecule has 0 spiro atoms. The van der Waals surface area contributed by atoms with E-state index in [4.69, 9.17) is 0 Å². The minimum atomic E-state index is -0.00566. The van der Waals surface area contributed by atoms with Crippen molar-refractivity contribution in [2.24, 2.45) is 5.41 Å². The molecule has 1 amide bonds. The molecule has 1 saturated heterocycles. The van der Waals surface area contributed by atoms with Crippen LogP contribution in [-0.2, 0) is 4.79 Å². The molecule has 1 N–H and O–H groups in total. The first-order valence-electron chi connectivity index (χ1n) is 7.78. The van der Waals surface area contributed by atoms with Crippen LogP contribution in [0.2, 0.25) is 0 Å². The summed E-state index contributed by atoms with van der Waals surface area (Å²) >= 11 is 1.70. The molecule has 110 valence electrons. The maximum absolute atomic E-state index is 12.6. The number of amides is 1. The van der Waals surface area contributed by atoms with Crippen LogP contribution in [-0.4, -0.2) is 23.4 Å². The van der Waals surface area contributed by atoms with Crippen molar-refractivity contribution < 1.29 is 4.79 Å². The third-order valence-corrected chi connectivity index (χ3v) is 5.89. The van der Waals surface area contributed by atoms with Gasteiger partial charge in [0, 0.05) is 6.54 Å². The largest absolute Gasteiger partial charge is 0.321 e. The number of rotatable bonds is 5. The van der Waals surface area contributed by atoms with Crippen LogP contribution in [0.25, 0.3) is 0 Å². The highest BCUT2D eigenvalue weighted by atomic mass is 32.1. The number of carbonyl (C=O) groups is 1. The van der Waals surface area contributed by atoms with Crippen molar-refractivity contribution in [1.82, 2.24) is 10.2 Å². The Hall–Kier alpha value is -0.870. The number of carbonyl (C=O) groups excluding carboxylic acids is 1. The quantitative estimate of drug-likeness (QED) is 0.900. The lowest BCUT2D eigenvalue weighted by molar-refractivity contribution is -0.133. The summed E-state index contributed by atoms with van der Waals surface area (Å²) in [5.41, 5.74) is 1.62. The van der Waals surface area contributed by atoms with Gasteiger partial charge < -0.3 is 4.90 Å². The molecule has 0 aromatic carbocycles. The first-order chi connectivity index (χ1) is 9.69.